The Morgan fingerprint density at radius 1 is 1.53 bits per heavy atom. The van der Waals surface area contributed by atoms with E-state index in [2.05, 4.69) is 24.5 Å². The molecule has 88 valence electrons. The lowest BCUT2D eigenvalue weighted by Crippen LogP contribution is -2.53. The Labute approximate surface area is 91.8 Å². The van der Waals surface area contributed by atoms with Crippen molar-refractivity contribution in [1.82, 2.24) is 10.6 Å². The predicted octanol–water partition coefficient (Wildman–Crippen LogP) is 0.526. The Morgan fingerprint density at radius 3 is 2.80 bits per heavy atom. The largest absolute Gasteiger partial charge is 0.378 e. The molecule has 2 N–H and O–H groups in total. The summed E-state index contributed by atoms with van der Waals surface area (Å²) in [6.45, 7) is 8.30. The van der Waals surface area contributed by atoms with Crippen LogP contribution in [0.3, 0.4) is 0 Å². The second-order valence-electron chi connectivity index (χ2n) is 4.62. The van der Waals surface area contributed by atoms with Crippen molar-refractivity contribution in [3.05, 3.63) is 0 Å². The average Bonchev–Trinajstić information content (AvgIpc) is 2.17. The van der Waals surface area contributed by atoms with Gasteiger partial charge < -0.3 is 15.4 Å². The van der Waals surface area contributed by atoms with E-state index in [1.54, 1.807) is 0 Å². The van der Waals surface area contributed by atoms with Crippen molar-refractivity contribution in [3.63, 3.8) is 0 Å². The second kappa shape index (κ2) is 6.08. The molecule has 0 aromatic carbocycles. The third-order valence-corrected chi connectivity index (χ3v) is 2.45. The van der Waals surface area contributed by atoms with Crippen molar-refractivity contribution in [1.29, 1.82) is 0 Å². The first-order valence-electron chi connectivity index (χ1n) is 5.71. The third kappa shape index (κ3) is 4.62. The lowest BCUT2D eigenvalue weighted by molar-refractivity contribution is -0.126. The molecule has 0 aliphatic carbocycles. The van der Waals surface area contributed by atoms with E-state index in [-0.39, 0.29) is 18.0 Å². The number of hydrogen-bond donors (Lipinski definition) is 2. The van der Waals surface area contributed by atoms with Gasteiger partial charge in [-0.15, -0.1) is 0 Å². The summed E-state index contributed by atoms with van der Waals surface area (Å²) in [7, 11) is 0. The molecular formula is C11H22N2O2. The molecule has 2 unspecified atom stereocenters. The van der Waals surface area contributed by atoms with Gasteiger partial charge in [0.25, 0.3) is 0 Å². The molecule has 1 saturated heterocycles. The summed E-state index contributed by atoms with van der Waals surface area (Å²) < 4.78 is 5.24. The minimum Gasteiger partial charge on any atom is -0.378 e. The Balaban J connectivity index is 2.27. The number of carbonyl (C=O) groups is 1. The number of ether oxygens (including phenoxy) is 1. The number of nitrogens with one attached hydrogen (secondary N) is 2. The maximum absolute atomic E-state index is 11.7. The molecule has 0 aromatic heterocycles. The highest BCUT2D eigenvalue weighted by Gasteiger charge is 2.22. The molecule has 4 heteroatoms. The SMILES string of the molecule is CC(C)CC(C)NC(=O)C1COCCN1. The van der Waals surface area contributed by atoms with Crippen LogP contribution in [-0.4, -0.2) is 37.7 Å². The Kier molecular flexibility index (Phi) is 5.05. The topological polar surface area (TPSA) is 50.4 Å². The monoisotopic (exact) mass is 214 g/mol. The molecule has 1 fully saturated rings. The maximum atomic E-state index is 11.7. The van der Waals surface area contributed by atoms with E-state index in [0.717, 1.165) is 13.0 Å². The van der Waals surface area contributed by atoms with Gasteiger partial charge in [-0.05, 0) is 19.3 Å². The standard InChI is InChI=1S/C11H22N2O2/c1-8(2)6-9(3)13-11(14)10-7-15-5-4-12-10/h8-10,12H,4-7H2,1-3H3,(H,13,14). The van der Waals surface area contributed by atoms with Crippen molar-refractivity contribution in [3.8, 4) is 0 Å². The van der Waals surface area contributed by atoms with Gasteiger partial charge in [0, 0.05) is 12.6 Å². The Morgan fingerprint density at radius 2 is 2.27 bits per heavy atom. The summed E-state index contributed by atoms with van der Waals surface area (Å²) in [5, 5.41) is 6.14. The van der Waals surface area contributed by atoms with Crippen LogP contribution in [0.5, 0.6) is 0 Å². The first-order chi connectivity index (χ1) is 7.09. The van der Waals surface area contributed by atoms with E-state index < -0.39 is 0 Å². The van der Waals surface area contributed by atoms with Gasteiger partial charge in [-0.25, -0.2) is 0 Å². The number of carbonyl (C=O) groups excluding carboxylic acids is 1. The van der Waals surface area contributed by atoms with E-state index in [9.17, 15) is 4.79 Å². The highest BCUT2D eigenvalue weighted by Crippen LogP contribution is 2.04. The predicted molar refractivity (Wildman–Crippen MR) is 59.7 cm³/mol. The van der Waals surface area contributed by atoms with Gasteiger partial charge in [-0.1, -0.05) is 13.8 Å². The first kappa shape index (κ1) is 12.5. The molecule has 15 heavy (non-hydrogen) atoms. The molecular weight excluding hydrogens is 192 g/mol. The van der Waals surface area contributed by atoms with Gasteiger partial charge in [0.15, 0.2) is 0 Å². The van der Waals surface area contributed by atoms with Crippen LogP contribution < -0.4 is 10.6 Å². The fourth-order valence-electron chi connectivity index (χ4n) is 1.84. The van der Waals surface area contributed by atoms with Gasteiger partial charge in [0.2, 0.25) is 5.91 Å². The van der Waals surface area contributed by atoms with Crippen LogP contribution in [0.4, 0.5) is 0 Å². The molecule has 1 heterocycles. The summed E-state index contributed by atoms with van der Waals surface area (Å²) in [5.41, 5.74) is 0. The summed E-state index contributed by atoms with van der Waals surface area (Å²) >= 11 is 0. The van der Waals surface area contributed by atoms with Crippen molar-refractivity contribution in [2.75, 3.05) is 19.8 Å². The molecule has 0 saturated carbocycles. The molecule has 0 aromatic rings. The van der Waals surface area contributed by atoms with Gasteiger partial charge in [0.05, 0.1) is 13.2 Å². The minimum atomic E-state index is -0.173. The smallest absolute Gasteiger partial charge is 0.239 e. The van der Waals surface area contributed by atoms with Gasteiger partial charge in [-0.3, -0.25) is 4.79 Å². The molecule has 1 rings (SSSR count). The van der Waals surface area contributed by atoms with Crippen LogP contribution in [0.25, 0.3) is 0 Å². The molecule has 0 bridgehead atoms. The Bertz CT molecular complexity index is 201. The van der Waals surface area contributed by atoms with Crippen molar-refractivity contribution in [2.45, 2.75) is 39.3 Å². The summed E-state index contributed by atoms with van der Waals surface area (Å²) in [6.07, 6.45) is 1.01. The zero-order valence-electron chi connectivity index (χ0n) is 9.88. The van der Waals surface area contributed by atoms with Crippen molar-refractivity contribution in [2.24, 2.45) is 5.92 Å². The van der Waals surface area contributed by atoms with E-state index in [1.165, 1.54) is 0 Å². The van der Waals surface area contributed by atoms with E-state index in [0.29, 0.717) is 19.1 Å². The average molecular weight is 214 g/mol. The number of hydrogen-bond acceptors (Lipinski definition) is 3. The fourth-order valence-corrected chi connectivity index (χ4v) is 1.84. The van der Waals surface area contributed by atoms with Crippen LogP contribution in [0.2, 0.25) is 0 Å². The lowest BCUT2D eigenvalue weighted by atomic mass is 10.0. The van der Waals surface area contributed by atoms with E-state index >= 15 is 0 Å². The number of rotatable bonds is 4. The number of amides is 1. The zero-order valence-corrected chi connectivity index (χ0v) is 9.88. The van der Waals surface area contributed by atoms with Crippen LogP contribution >= 0.6 is 0 Å². The number of morpholine rings is 1. The van der Waals surface area contributed by atoms with Crippen LogP contribution in [0, 0.1) is 5.92 Å². The highest BCUT2D eigenvalue weighted by atomic mass is 16.5. The van der Waals surface area contributed by atoms with Crippen LogP contribution in [0.1, 0.15) is 27.2 Å². The van der Waals surface area contributed by atoms with E-state index in [1.807, 2.05) is 6.92 Å². The van der Waals surface area contributed by atoms with Crippen LogP contribution in [-0.2, 0) is 9.53 Å². The quantitative estimate of drug-likeness (QED) is 0.717. The normalized spacial score (nSPS) is 23.9. The van der Waals surface area contributed by atoms with Crippen LogP contribution in [0.15, 0.2) is 0 Å². The minimum absolute atomic E-state index is 0.0582. The van der Waals surface area contributed by atoms with Crippen molar-refractivity contribution < 1.29 is 9.53 Å². The first-order valence-corrected chi connectivity index (χ1v) is 5.71. The third-order valence-electron chi connectivity index (χ3n) is 2.45. The fraction of sp³-hybridized carbons (Fsp3) is 0.909. The molecule has 1 amide bonds. The molecule has 4 nitrogen and oxygen atoms in total. The lowest BCUT2D eigenvalue weighted by Gasteiger charge is -2.25. The van der Waals surface area contributed by atoms with Crippen molar-refractivity contribution >= 4 is 5.91 Å². The molecule has 0 radical (unpaired) electrons. The maximum Gasteiger partial charge on any atom is 0.239 e. The summed E-state index contributed by atoms with van der Waals surface area (Å²) in [4.78, 5) is 11.7. The zero-order chi connectivity index (χ0) is 11.3. The molecule has 0 spiro atoms. The van der Waals surface area contributed by atoms with E-state index in [4.69, 9.17) is 4.74 Å². The molecule has 1 aliphatic heterocycles. The summed E-state index contributed by atoms with van der Waals surface area (Å²) in [5.74, 6) is 0.665. The molecule has 2 atom stereocenters. The van der Waals surface area contributed by atoms with Gasteiger partial charge in [-0.2, -0.15) is 0 Å². The highest BCUT2D eigenvalue weighted by molar-refractivity contribution is 5.82. The summed E-state index contributed by atoms with van der Waals surface area (Å²) in [6, 6.07) is 0.0644. The second-order valence-corrected chi connectivity index (χ2v) is 4.62. The Hall–Kier alpha value is -0.610. The molecule has 1 aliphatic rings. The van der Waals surface area contributed by atoms with Gasteiger partial charge >= 0.3 is 0 Å². The van der Waals surface area contributed by atoms with Gasteiger partial charge in [0.1, 0.15) is 6.04 Å².